The van der Waals surface area contributed by atoms with Crippen LogP contribution in [-0.2, 0) is 0 Å². The van der Waals surface area contributed by atoms with Crippen LogP contribution in [0.1, 0.15) is 126 Å². The molecular formula is C30H50. The normalized spacial score (nSPS) is 51.8. The topological polar surface area (TPSA) is 0 Å². The number of fused-ring (bicyclic) bond motifs is 2. The highest BCUT2D eigenvalue weighted by atomic mass is 14.9. The Morgan fingerprint density at radius 2 is 1.53 bits per heavy atom. The zero-order valence-corrected chi connectivity index (χ0v) is 21.4. The first-order valence-corrected chi connectivity index (χ1v) is 13.7. The van der Waals surface area contributed by atoms with E-state index < -0.39 is 0 Å². The van der Waals surface area contributed by atoms with E-state index in [0.717, 1.165) is 34.5 Å². The fraction of sp³-hybridized carbons (Fsp3) is 0.933. The molecule has 0 saturated heterocycles. The largest absolute Gasteiger partial charge is 0.0859 e. The molecule has 5 rings (SSSR count). The summed E-state index contributed by atoms with van der Waals surface area (Å²) in [6.45, 7) is 17.9. The molecule has 2 unspecified atom stereocenters. The molecule has 5 aliphatic rings. The van der Waals surface area contributed by atoms with Crippen LogP contribution in [-0.4, -0.2) is 0 Å². The number of rotatable bonds is 4. The smallest absolute Gasteiger partial charge is 0.0198 e. The van der Waals surface area contributed by atoms with Gasteiger partial charge in [-0.05, 0) is 135 Å². The molecule has 0 aromatic heterocycles. The first-order valence-electron chi connectivity index (χ1n) is 13.7. The zero-order valence-electron chi connectivity index (χ0n) is 21.4. The van der Waals surface area contributed by atoms with E-state index in [-0.39, 0.29) is 0 Å². The monoisotopic (exact) mass is 410 g/mol. The summed E-state index contributed by atoms with van der Waals surface area (Å²) in [4.78, 5) is 0. The van der Waals surface area contributed by atoms with E-state index in [0.29, 0.717) is 16.2 Å². The van der Waals surface area contributed by atoms with E-state index in [4.69, 9.17) is 0 Å². The van der Waals surface area contributed by atoms with Crippen molar-refractivity contribution in [2.24, 2.45) is 50.7 Å². The van der Waals surface area contributed by atoms with Crippen LogP contribution in [0.2, 0.25) is 0 Å². The molecule has 0 heteroatoms. The Balaban J connectivity index is 1.40. The minimum absolute atomic E-state index is 0.591. The molecule has 2 spiro atoms. The molecule has 5 fully saturated rings. The van der Waals surface area contributed by atoms with Crippen LogP contribution in [0.15, 0.2) is 11.6 Å². The van der Waals surface area contributed by atoms with Crippen LogP contribution in [0.5, 0.6) is 0 Å². The molecule has 5 aliphatic carbocycles. The lowest BCUT2D eigenvalue weighted by Gasteiger charge is -2.63. The standard InChI is InChI=1S/C30H50/c1-21(2)10-8-11-22(3)23-14-17-28(7)25-13-12-24-26(4,5)15-9-16-29(24)20-30(25,29)19-18-27(23,28)6/h10,22-25H,8-9,11-20H2,1-7H3/t22-,23-,24?,25+,27-,28+,29-,30?/m1/s1. The Hall–Kier alpha value is -0.260. The Bertz CT molecular complexity index is 724. The van der Waals surface area contributed by atoms with Gasteiger partial charge in [0.1, 0.15) is 0 Å². The SMILES string of the molecule is CC(C)=CCC[C@@H](C)[C@H]1CC[C@@]2(C)[C@@H]3CCC4C(C)(C)CCC[C@@]45CC35CC[C@]12C. The second-order valence-electron chi connectivity index (χ2n) is 14.3. The molecule has 0 radical (unpaired) electrons. The molecule has 0 aromatic carbocycles. The minimum Gasteiger partial charge on any atom is -0.0859 e. The average molecular weight is 411 g/mol. The maximum atomic E-state index is 2.79. The molecule has 30 heavy (non-hydrogen) atoms. The maximum Gasteiger partial charge on any atom is -0.0198 e. The van der Waals surface area contributed by atoms with Crippen molar-refractivity contribution in [2.45, 2.75) is 126 Å². The average Bonchev–Trinajstić information content (AvgIpc) is 3.23. The fourth-order valence-electron chi connectivity index (χ4n) is 11.2. The van der Waals surface area contributed by atoms with Crippen LogP contribution < -0.4 is 0 Å². The van der Waals surface area contributed by atoms with E-state index in [1.807, 2.05) is 0 Å². The predicted molar refractivity (Wildman–Crippen MR) is 129 cm³/mol. The van der Waals surface area contributed by atoms with E-state index in [2.05, 4.69) is 54.5 Å². The highest BCUT2D eigenvalue weighted by Gasteiger charge is 2.81. The Morgan fingerprint density at radius 1 is 0.833 bits per heavy atom. The second-order valence-corrected chi connectivity index (χ2v) is 14.3. The lowest BCUT2D eigenvalue weighted by Crippen LogP contribution is -2.56. The molecule has 8 atom stereocenters. The van der Waals surface area contributed by atoms with Gasteiger partial charge in [0.05, 0.1) is 0 Å². The van der Waals surface area contributed by atoms with Crippen LogP contribution in [0.4, 0.5) is 0 Å². The Kier molecular flexibility index (Phi) is 4.77. The van der Waals surface area contributed by atoms with Crippen molar-refractivity contribution in [1.82, 2.24) is 0 Å². The van der Waals surface area contributed by atoms with Crippen molar-refractivity contribution in [3.8, 4) is 0 Å². The maximum absolute atomic E-state index is 2.79. The van der Waals surface area contributed by atoms with Crippen molar-refractivity contribution in [3.63, 3.8) is 0 Å². The summed E-state index contributed by atoms with van der Waals surface area (Å²) < 4.78 is 0. The first kappa shape index (κ1) is 21.6. The van der Waals surface area contributed by atoms with Gasteiger partial charge in [-0.1, -0.05) is 52.7 Å². The van der Waals surface area contributed by atoms with Crippen LogP contribution in [0, 0.1) is 50.7 Å². The highest BCUT2D eigenvalue weighted by molar-refractivity contribution is 5.30. The van der Waals surface area contributed by atoms with Gasteiger partial charge >= 0.3 is 0 Å². The summed E-state index contributed by atoms with van der Waals surface area (Å²) in [5.74, 6) is 3.91. The van der Waals surface area contributed by atoms with Crippen molar-refractivity contribution in [1.29, 1.82) is 0 Å². The Morgan fingerprint density at radius 3 is 2.27 bits per heavy atom. The molecule has 0 amide bonds. The third-order valence-electron chi connectivity index (χ3n) is 12.8. The molecular weight excluding hydrogens is 360 g/mol. The van der Waals surface area contributed by atoms with Gasteiger partial charge in [-0.25, -0.2) is 0 Å². The van der Waals surface area contributed by atoms with Crippen LogP contribution >= 0.6 is 0 Å². The quantitative estimate of drug-likeness (QED) is 0.405. The van der Waals surface area contributed by atoms with Gasteiger partial charge in [0, 0.05) is 0 Å². The molecule has 170 valence electrons. The van der Waals surface area contributed by atoms with E-state index in [1.54, 1.807) is 32.1 Å². The van der Waals surface area contributed by atoms with Gasteiger partial charge in [-0.15, -0.1) is 0 Å². The summed E-state index contributed by atoms with van der Waals surface area (Å²) in [6.07, 6.45) is 20.6. The summed E-state index contributed by atoms with van der Waals surface area (Å²) in [6, 6.07) is 0. The lowest BCUT2D eigenvalue weighted by molar-refractivity contribution is -0.142. The highest BCUT2D eigenvalue weighted by Crippen LogP contribution is 2.89. The van der Waals surface area contributed by atoms with Gasteiger partial charge in [-0.3, -0.25) is 0 Å². The van der Waals surface area contributed by atoms with Crippen molar-refractivity contribution >= 4 is 0 Å². The van der Waals surface area contributed by atoms with Gasteiger partial charge in [0.25, 0.3) is 0 Å². The predicted octanol–water partition coefficient (Wildman–Crippen LogP) is 9.20. The van der Waals surface area contributed by atoms with Gasteiger partial charge in [0.15, 0.2) is 0 Å². The number of hydrogen-bond acceptors (Lipinski definition) is 0. The first-order chi connectivity index (χ1) is 14.0. The lowest BCUT2D eigenvalue weighted by atomic mass is 9.42. The summed E-state index contributed by atoms with van der Waals surface area (Å²) in [7, 11) is 0. The molecule has 0 aliphatic heterocycles. The van der Waals surface area contributed by atoms with E-state index in [9.17, 15) is 0 Å². The molecule has 0 heterocycles. The van der Waals surface area contributed by atoms with E-state index >= 15 is 0 Å². The molecule has 0 nitrogen and oxygen atoms in total. The zero-order chi connectivity index (χ0) is 21.6. The van der Waals surface area contributed by atoms with Crippen LogP contribution in [0.3, 0.4) is 0 Å². The molecule has 0 bridgehead atoms. The Labute approximate surface area is 188 Å². The third kappa shape index (κ3) is 2.58. The summed E-state index contributed by atoms with van der Waals surface area (Å²) in [5, 5.41) is 0. The van der Waals surface area contributed by atoms with Crippen LogP contribution in [0.25, 0.3) is 0 Å². The van der Waals surface area contributed by atoms with Gasteiger partial charge in [-0.2, -0.15) is 0 Å². The van der Waals surface area contributed by atoms with E-state index in [1.165, 1.54) is 50.5 Å². The fourth-order valence-corrected chi connectivity index (χ4v) is 11.2. The van der Waals surface area contributed by atoms with Crippen molar-refractivity contribution < 1.29 is 0 Å². The molecule has 5 saturated carbocycles. The number of hydrogen-bond donors (Lipinski definition) is 0. The van der Waals surface area contributed by atoms with Gasteiger partial charge in [0.2, 0.25) is 0 Å². The van der Waals surface area contributed by atoms with Gasteiger partial charge < -0.3 is 0 Å². The molecule has 0 aromatic rings. The van der Waals surface area contributed by atoms with Crippen molar-refractivity contribution in [2.75, 3.05) is 0 Å². The van der Waals surface area contributed by atoms with Crippen molar-refractivity contribution in [3.05, 3.63) is 11.6 Å². The third-order valence-corrected chi connectivity index (χ3v) is 12.8. The minimum atomic E-state index is 0.591. The second kappa shape index (κ2) is 6.63. The summed E-state index contributed by atoms with van der Waals surface area (Å²) in [5.41, 5.74) is 4.81. The number of allylic oxidation sites excluding steroid dienone is 2. The summed E-state index contributed by atoms with van der Waals surface area (Å²) >= 11 is 0. The molecule has 0 N–H and O–H groups in total.